The van der Waals surface area contributed by atoms with Gasteiger partial charge >= 0.3 is 0 Å². The third-order valence-corrected chi connectivity index (χ3v) is 3.78. The van der Waals surface area contributed by atoms with Crippen molar-refractivity contribution in [2.24, 2.45) is 0 Å². The van der Waals surface area contributed by atoms with E-state index < -0.39 is 11.6 Å². The summed E-state index contributed by atoms with van der Waals surface area (Å²) in [7, 11) is 0. The van der Waals surface area contributed by atoms with E-state index in [9.17, 15) is 8.78 Å². The maximum atomic E-state index is 13.2. The number of aromatic nitrogens is 2. The molecule has 0 saturated heterocycles. The van der Waals surface area contributed by atoms with Gasteiger partial charge in [0.05, 0.1) is 0 Å². The van der Waals surface area contributed by atoms with Crippen LogP contribution >= 0.6 is 11.6 Å². The Hall–Kier alpha value is -1.55. The second kappa shape index (κ2) is 5.44. The van der Waals surface area contributed by atoms with E-state index in [1.165, 1.54) is 12.1 Å². The highest BCUT2D eigenvalue weighted by molar-refractivity contribution is 6.30. The quantitative estimate of drug-likeness (QED) is 0.786. The first-order valence-corrected chi connectivity index (χ1v) is 6.99. The Labute approximate surface area is 120 Å². The minimum absolute atomic E-state index is 0.279. The van der Waals surface area contributed by atoms with Gasteiger partial charge in [0.15, 0.2) is 0 Å². The lowest BCUT2D eigenvalue weighted by Gasteiger charge is -2.16. The van der Waals surface area contributed by atoms with E-state index in [4.69, 9.17) is 11.6 Å². The number of benzene rings is 1. The van der Waals surface area contributed by atoms with Crippen molar-refractivity contribution in [3.05, 3.63) is 57.6 Å². The standard InChI is InChI=1S/C15H13ClF2N2/c16-15-12-3-1-2-4-13(12)19-14(20-15)7-9-5-10(17)8-11(18)6-9/h5-6,8H,1-4,7H2. The van der Waals surface area contributed by atoms with Crippen LogP contribution in [0.2, 0.25) is 5.15 Å². The molecule has 1 heterocycles. The third kappa shape index (κ3) is 2.80. The van der Waals surface area contributed by atoms with Crippen LogP contribution < -0.4 is 0 Å². The minimum atomic E-state index is -0.593. The molecule has 2 nitrogen and oxygen atoms in total. The SMILES string of the molecule is Fc1cc(F)cc(Cc2nc(Cl)c3c(n2)CCCC3)c1. The van der Waals surface area contributed by atoms with Crippen LogP contribution in [-0.4, -0.2) is 9.97 Å². The number of halogens is 3. The van der Waals surface area contributed by atoms with Crippen LogP contribution in [0.4, 0.5) is 8.78 Å². The van der Waals surface area contributed by atoms with Crippen LogP contribution in [0.3, 0.4) is 0 Å². The monoisotopic (exact) mass is 294 g/mol. The van der Waals surface area contributed by atoms with Gasteiger partial charge in [0, 0.05) is 23.7 Å². The summed E-state index contributed by atoms with van der Waals surface area (Å²) < 4.78 is 26.4. The Bertz CT molecular complexity index is 638. The summed E-state index contributed by atoms with van der Waals surface area (Å²) in [6.07, 6.45) is 4.27. The molecule has 0 fully saturated rings. The van der Waals surface area contributed by atoms with Crippen LogP contribution in [0.5, 0.6) is 0 Å². The Morgan fingerprint density at radius 2 is 1.70 bits per heavy atom. The third-order valence-electron chi connectivity index (χ3n) is 3.46. The molecule has 1 aromatic heterocycles. The second-order valence-corrected chi connectivity index (χ2v) is 5.38. The number of fused-ring (bicyclic) bond motifs is 1. The molecular weight excluding hydrogens is 282 g/mol. The molecule has 0 bridgehead atoms. The van der Waals surface area contributed by atoms with Crippen LogP contribution in [0.25, 0.3) is 0 Å². The lowest BCUT2D eigenvalue weighted by atomic mass is 9.97. The first-order valence-electron chi connectivity index (χ1n) is 6.61. The molecule has 104 valence electrons. The molecule has 0 unspecified atom stereocenters. The van der Waals surface area contributed by atoms with Gasteiger partial charge in [0.25, 0.3) is 0 Å². The molecule has 3 rings (SSSR count). The van der Waals surface area contributed by atoms with E-state index >= 15 is 0 Å². The lowest BCUT2D eigenvalue weighted by Crippen LogP contribution is -2.10. The predicted octanol–water partition coefficient (Wildman–Crippen LogP) is 3.88. The zero-order valence-corrected chi connectivity index (χ0v) is 11.6. The van der Waals surface area contributed by atoms with Crippen LogP contribution in [-0.2, 0) is 19.3 Å². The molecule has 1 aliphatic carbocycles. The lowest BCUT2D eigenvalue weighted by molar-refractivity contribution is 0.580. The van der Waals surface area contributed by atoms with Gasteiger partial charge in [-0.05, 0) is 43.4 Å². The zero-order chi connectivity index (χ0) is 14.1. The first kappa shape index (κ1) is 13.4. The van der Waals surface area contributed by atoms with Gasteiger partial charge < -0.3 is 0 Å². The van der Waals surface area contributed by atoms with Crippen molar-refractivity contribution < 1.29 is 8.78 Å². The summed E-state index contributed by atoms with van der Waals surface area (Å²) in [5, 5.41) is 0.474. The van der Waals surface area contributed by atoms with Crippen molar-refractivity contribution >= 4 is 11.6 Å². The molecule has 1 aliphatic rings. The molecule has 0 radical (unpaired) electrons. The molecule has 0 N–H and O–H groups in total. The first-order chi connectivity index (χ1) is 9.61. The van der Waals surface area contributed by atoms with Gasteiger partial charge in [0.2, 0.25) is 0 Å². The van der Waals surface area contributed by atoms with E-state index in [2.05, 4.69) is 9.97 Å². The highest BCUT2D eigenvalue weighted by Gasteiger charge is 2.17. The fraction of sp³-hybridized carbons (Fsp3) is 0.333. The number of nitrogens with zero attached hydrogens (tertiary/aromatic N) is 2. The number of hydrogen-bond donors (Lipinski definition) is 0. The van der Waals surface area contributed by atoms with E-state index in [-0.39, 0.29) is 6.42 Å². The molecule has 0 atom stereocenters. The van der Waals surface area contributed by atoms with E-state index in [1.807, 2.05) is 0 Å². The molecule has 1 aromatic carbocycles. The van der Waals surface area contributed by atoms with Crippen molar-refractivity contribution in [3.8, 4) is 0 Å². The van der Waals surface area contributed by atoms with Crippen molar-refractivity contribution in [1.29, 1.82) is 0 Å². The van der Waals surface area contributed by atoms with Gasteiger partial charge in [-0.15, -0.1) is 0 Å². The molecule has 0 aliphatic heterocycles. The topological polar surface area (TPSA) is 25.8 Å². The summed E-state index contributed by atoms with van der Waals surface area (Å²) in [6.45, 7) is 0. The number of hydrogen-bond acceptors (Lipinski definition) is 2. The largest absolute Gasteiger partial charge is 0.237 e. The fourth-order valence-corrected chi connectivity index (χ4v) is 2.87. The summed E-state index contributed by atoms with van der Waals surface area (Å²) in [5.74, 6) is -0.672. The minimum Gasteiger partial charge on any atom is -0.237 e. The summed E-state index contributed by atoms with van der Waals surface area (Å²) in [6, 6.07) is 3.43. The maximum absolute atomic E-state index is 13.2. The Morgan fingerprint density at radius 1 is 1.00 bits per heavy atom. The maximum Gasteiger partial charge on any atom is 0.136 e. The molecule has 20 heavy (non-hydrogen) atoms. The highest BCUT2D eigenvalue weighted by atomic mass is 35.5. The predicted molar refractivity (Wildman–Crippen MR) is 72.8 cm³/mol. The molecular formula is C15H13ClF2N2. The van der Waals surface area contributed by atoms with Crippen molar-refractivity contribution in [2.45, 2.75) is 32.1 Å². The summed E-state index contributed by atoms with van der Waals surface area (Å²) in [4.78, 5) is 8.74. The molecule has 0 saturated carbocycles. The van der Waals surface area contributed by atoms with Gasteiger partial charge in [-0.2, -0.15) is 0 Å². The Kier molecular flexibility index (Phi) is 3.66. The second-order valence-electron chi connectivity index (χ2n) is 5.02. The van der Waals surface area contributed by atoms with Crippen LogP contribution in [0, 0.1) is 11.6 Å². The van der Waals surface area contributed by atoms with E-state index in [0.29, 0.717) is 16.5 Å². The summed E-state index contributed by atoms with van der Waals surface area (Å²) in [5.41, 5.74) is 2.50. The molecule has 2 aromatic rings. The van der Waals surface area contributed by atoms with Gasteiger partial charge in [0.1, 0.15) is 22.6 Å². The smallest absolute Gasteiger partial charge is 0.136 e. The zero-order valence-electron chi connectivity index (χ0n) is 10.8. The Balaban J connectivity index is 1.92. The van der Waals surface area contributed by atoms with Crippen LogP contribution in [0.1, 0.15) is 35.5 Å². The normalized spacial score (nSPS) is 14.2. The van der Waals surface area contributed by atoms with Crippen molar-refractivity contribution in [2.75, 3.05) is 0 Å². The van der Waals surface area contributed by atoms with Crippen molar-refractivity contribution in [1.82, 2.24) is 9.97 Å². The van der Waals surface area contributed by atoms with E-state index in [1.54, 1.807) is 0 Å². The Morgan fingerprint density at radius 3 is 2.45 bits per heavy atom. The molecule has 5 heteroatoms. The van der Waals surface area contributed by atoms with Gasteiger partial charge in [-0.25, -0.2) is 18.7 Å². The van der Waals surface area contributed by atoms with Crippen LogP contribution in [0.15, 0.2) is 18.2 Å². The molecule has 0 spiro atoms. The fourth-order valence-electron chi connectivity index (χ4n) is 2.57. The number of aryl methyl sites for hydroxylation is 1. The average Bonchev–Trinajstić information content (AvgIpc) is 2.37. The van der Waals surface area contributed by atoms with Gasteiger partial charge in [-0.3, -0.25) is 0 Å². The average molecular weight is 295 g/mol. The van der Waals surface area contributed by atoms with E-state index in [0.717, 1.165) is 43.0 Å². The summed E-state index contributed by atoms with van der Waals surface area (Å²) >= 11 is 6.18. The number of rotatable bonds is 2. The van der Waals surface area contributed by atoms with Gasteiger partial charge in [-0.1, -0.05) is 11.6 Å². The highest BCUT2D eigenvalue weighted by Crippen LogP contribution is 2.25. The molecule has 0 amide bonds. The van der Waals surface area contributed by atoms with Crippen molar-refractivity contribution in [3.63, 3.8) is 0 Å².